The minimum Gasteiger partial charge on any atom is -0.0926 e. The summed E-state index contributed by atoms with van der Waals surface area (Å²) in [7, 11) is -2.22. The van der Waals surface area contributed by atoms with Crippen LogP contribution in [0.15, 0.2) is 72.8 Å². The molecule has 0 unspecified atom stereocenters. The van der Waals surface area contributed by atoms with Gasteiger partial charge in [0.05, 0.1) is 49.6 Å². The molecule has 0 aliphatic rings. The fourth-order valence-electron chi connectivity index (χ4n) is 3.01. The molecule has 2 rings (SSSR count). The standard InChI is InChI=1S/C20H28P2/c1-18(16-21(2,3)19-12-8-6-9-13-19)17-22(4,5)20-14-10-7-11-15-20/h6-15H,1,16-17H2,2-5H3/q+2. The maximum absolute atomic E-state index is 4.43. The number of benzene rings is 2. The third-order valence-corrected chi connectivity index (χ3v) is 10.0. The van der Waals surface area contributed by atoms with Crippen LogP contribution in [0.1, 0.15) is 0 Å². The molecular weight excluding hydrogens is 302 g/mol. The lowest BCUT2D eigenvalue weighted by atomic mass is 10.4. The first kappa shape index (κ1) is 17.4. The third-order valence-electron chi connectivity index (χ3n) is 4.15. The minimum atomic E-state index is -1.11. The molecule has 0 saturated carbocycles. The van der Waals surface area contributed by atoms with Crippen molar-refractivity contribution in [2.45, 2.75) is 0 Å². The van der Waals surface area contributed by atoms with Crippen molar-refractivity contribution in [2.75, 3.05) is 39.0 Å². The van der Waals surface area contributed by atoms with Crippen molar-refractivity contribution >= 4 is 25.1 Å². The Morgan fingerprint density at radius 3 is 1.32 bits per heavy atom. The first-order valence-electron chi connectivity index (χ1n) is 7.75. The molecule has 116 valence electrons. The van der Waals surface area contributed by atoms with Crippen LogP contribution in [0, 0.1) is 0 Å². The van der Waals surface area contributed by atoms with E-state index in [-0.39, 0.29) is 0 Å². The van der Waals surface area contributed by atoms with Crippen LogP contribution in [0.2, 0.25) is 0 Å². The zero-order valence-electron chi connectivity index (χ0n) is 14.3. The SMILES string of the molecule is C=C(C[P+](C)(C)c1ccccc1)C[P+](C)(C)c1ccccc1. The van der Waals surface area contributed by atoms with Crippen LogP contribution in [0.3, 0.4) is 0 Å². The monoisotopic (exact) mass is 330 g/mol. The van der Waals surface area contributed by atoms with E-state index in [4.69, 9.17) is 0 Å². The maximum Gasteiger partial charge on any atom is 0.0937 e. The minimum absolute atomic E-state index is 1.11. The van der Waals surface area contributed by atoms with Crippen molar-refractivity contribution in [1.29, 1.82) is 0 Å². The molecule has 0 aliphatic carbocycles. The number of hydrogen-bond acceptors (Lipinski definition) is 0. The maximum atomic E-state index is 4.43. The number of rotatable bonds is 6. The van der Waals surface area contributed by atoms with Gasteiger partial charge in [0.2, 0.25) is 0 Å². The molecule has 0 fully saturated rings. The highest BCUT2D eigenvalue weighted by atomic mass is 31.2. The molecule has 0 bridgehead atoms. The van der Waals surface area contributed by atoms with Crippen molar-refractivity contribution < 1.29 is 0 Å². The van der Waals surface area contributed by atoms with Gasteiger partial charge in [0.1, 0.15) is 0 Å². The molecule has 0 aromatic heterocycles. The van der Waals surface area contributed by atoms with Crippen LogP contribution < -0.4 is 10.6 Å². The van der Waals surface area contributed by atoms with E-state index in [2.05, 4.69) is 93.9 Å². The molecule has 0 heterocycles. The van der Waals surface area contributed by atoms with E-state index in [0.29, 0.717) is 0 Å². The predicted octanol–water partition coefficient (Wildman–Crippen LogP) is 4.75. The molecule has 0 atom stereocenters. The van der Waals surface area contributed by atoms with E-state index in [9.17, 15) is 0 Å². The highest BCUT2D eigenvalue weighted by Crippen LogP contribution is 2.56. The molecule has 22 heavy (non-hydrogen) atoms. The summed E-state index contributed by atoms with van der Waals surface area (Å²) in [5.74, 6) is 0. The van der Waals surface area contributed by atoms with Crippen LogP contribution in [0.25, 0.3) is 0 Å². The lowest BCUT2D eigenvalue weighted by Crippen LogP contribution is -2.17. The summed E-state index contributed by atoms with van der Waals surface area (Å²) in [5.41, 5.74) is 1.42. The van der Waals surface area contributed by atoms with E-state index in [0.717, 1.165) is 12.3 Å². The van der Waals surface area contributed by atoms with E-state index >= 15 is 0 Å². The zero-order valence-corrected chi connectivity index (χ0v) is 16.1. The largest absolute Gasteiger partial charge is 0.0937 e. The average molecular weight is 330 g/mol. The van der Waals surface area contributed by atoms with Crippen LogP contribution in [0.5, 0.6) is 0 Å². The predicted molar refractivity (Wildman–Crippen MR) is 109 cm³/mol. The summed E-state index contributed by atoms with van der Waals surface area (Å²) in [6, 6.07) is 21.9. The van der Waals surface area contributed by atoms with E-state index in [1.165, 1.54) is 16.2 Å². The topological polar surface area (TPSA) is 0 Å². The summed E-state index contributed by atoms with van der Waals surface area (Å²) in [6.45, 7) is 14.2. The van der Waals surface area contributed by atoms with E-state index in [1.54, 1.807) is 0 Å². The quantitative estimate of drug-likeness (QED) is 0.530. The second-order valence-corrected chi connectivity index (χ2v) is 15.5. The fraction of sp³-hybridized carbons (Fsp3) is 0.300. The number of hydrogen-bond donors (Lipinski definition) is 0. The van der Waals surface area contributed by atoms with Crippen LogP contribution >= 0.6 is 14.5 Å². The van der Waals surface area contributed by atoms with Gasteiger partial charge >= 0.3 is 0 Å². The van der Waals surface area contributed by atoms with Crippen molar-refractivity contribution in [1.82, 2.24) is 0 Å². The Morgan fingerprint density at radius 2 is 1.00 bits per heavy atom. The van der Waals surface area contributed by atoms with Gasteiger partial charge in [-0.2, -0.15) is 0 Å². The van der Waals surface area contributed by atoms with Crippen LogP contribution in [-0.4, -0.2) is 39.0 Å². The second-order valence-electron chi connectivity index (χ2n) is 7.11. The van der Waals surface area contributed by atoms with Gasteiger partial charge in [-0.05, 0) is 29.8 Å². The first-order valence-corrected chi connectivity index (χ1v) is 13.5. The van der Waals surface area contributed by atoms with E-state index < -0.39 is 14.5 Å². The molecule has 0 N–H and O–H groups in total. The smallest absolute Gasteiger partial charge is 0.0926 e. The Labute approximate surface area is 137 Å². The van der Waals surface area contributed by atoms with Gasteiger partial charge in [0.25, 0.3) is 0 Å². The molecule has 0 radical (unpaired) electrons. The fourth-order valence-corrected chi connectivity index (χ4v) is 7.97. The average Bonchev–Trinajstić information content (AvgIpc) is 2.48. The second kappa shape index (κ2) is 7.08. The Balaban J connectivity index is 2.07. The summed E-state index contributed by atoms with van der Waals surface area (Å²) in [4.78, 5) is 0. The van der Waals surface area contributed by atoms with Gasteiger partial charge in [-0.1, -0.05) is 43.0 Å². The van der Waals surface area contributed by atoms with Gasteiger partial charge in [-0.15, -0.1) is 0 Å². The van der Waals surface area contributed by atoms with Gasteiger partial charge in [0.15, 0.2) is 0 Å². The molecule has 2 aromatic rings. The lowest BCUT2D eigenvalue weighted by molar-refractivity contribution is 1.40. The molecule has 0 spiro atoms. The third kappa shape index (κ3) is 4.52. The molecule has 0 amide bonds. The van der Waals surface area contributed by atoms with Gasteiger partial charge in [-0.25, -0.2) is 0 Å². The Hall–Kier alpha value is -0.960. The first-order chi connectivity index (χ1) is 10.3. The van der Waals surface area contributed by atoms with Crippen molar-refractivity contribution in [3.8, 4) is 0 Å². The Bertz CT molecular complexity index is 557. The summed E-state index contributed by atoms with van der Waals surface area (Å²) in [6.07, 6.45) is 2.32. The normalized spacial score (nSPS) is 12.2. The molecule has 2 heteroatoms. The van der Waals surface area contributed by atoms with Crippen LogP contribution in [-0.2, 0) is 0 Å². The summed E-state index contributed by atoms with van der Waals surface area (Å²) in [5, 5.41) is 3.01. The van der Waals surface area contributed by atoms with Crippen molar-refractivity contribution in [3.63, 3.8) is 0 Å². The molecule has 2 aromatic carbocycles. The molecular formula is C20H28P2+2. The van der Waals surface area contributed by atoms with Gasteiger partial charge < -0.3 is 0 Å². The Kier molecular flexibility index (Phi) is 5.60. The van der Waals surface area contributed by atoms with Crippen molar-refractivity contribution in [3.05, 3.63) is 72.8 Å². The zero-order chi connectivity index (χ0) is 16.2. The summed E-state index contributed by atoms with van der Waals surface area (Å²) >= 11 is 0. The summed E-state index contributed by atoms with van der Waals surface area (Å²) < 4.78 is 0. The lowest BCUT2D eigenvalue weighted by Gasteiger charge is -2.23. The number of allylic oxidation sites excluding steroid dienone is 1. The highest BCUT2D eigenvalue weighted by Gasteiger charge is 2.34. The van der Waals surface area contributed by atoms with Crippen LogP contribution in [0.4, 0.5) is 0 Å². The van der Waals surface area contributed by atoms with Gasteiger partial charge in [-0.3, -0.25) is 0 Å². The molecule has 0 aliphatic heterocycles. The van der Waals surface area contributed by atoms with Crippen molar-refractivity contribution in [2.24, 2.45) is 0 Å². The van der Waals surface area contributed by atoms with E-state index in [1.807, 2.05) is 0 Å². The Morgan fingerprint density at radius 1 is 0.682 bits per heavy atom. The van der Waals surface area contributed by atoms with Gasteiger partial charge in [0, 0.05) is 14.5 Å². The highest BCUT2D eigenvalue weighted by molar-refractivity contribution is 7.83. The molecule has 0 saturated heterocycles. The molecule has 0 nitrogen and oxygen atoms in total.